The second kappa shape index (κ2) is 7.63. The van der Waals surface area contributed by atoms with E-state index in [1.54, 1.807) is 0 Å². The lowest BCUT2D eigenvalue weighted by Gasteiger charge is -2.30. The van der Waals surface area contributed by atoms with Crippen molar-refractivity contribution in [2.75, 3.05) is 9.80 Å². The number of aryl methyl sites for hydroxylation is 1. The van der Waals surface area contributed by atoms with Crippen molar-refractivity contribution in [1.82, 2.24) is 9.97 Å². The number of fused-ring (bicyclic) bond motifs is 1. The first-order chi connectivity index (χ1) is 13.5. The minimum Gasteiger partial charge on any atom is -0.350 e. The molecule has 0 N–H and O–H groups in total. The zero-order valence-electron chi connectivity index (χ0n) is 17.1. The molecule has 0 aliphatic carbocycles. The van der Waals surface area contributed by atoms with Gasteiger partial charge in [0, 0.05) is 36.1 Å². The van der Waals surface area contributed by atoms with Gasteiger partial charge in [0.05, 0.1) is 0 Å². The number of anilines is 3. The molecule has 4 heteroatoms. The largest absolute Gasteiger partial charge is 0.350 e. The average molecular weight is 373 g/mol. The number of aromatic nitrogens is 2. The Bertz CT molecular complexity index is 952. The Morgan fingerprint density at radius 3 is 2.50 bits per heavy atom. The molecule has 4 rings (SSSR count). The van der Waals surface area contributed by atoms with Crippen LogP contribution in [0.3, 0.4) is 0 Å². The molecule has 1 aromatic heterocycles. The summed E-state index contributed by atoms with van der Waals surface area (Å²) in [5.41, 5.74) is 4.88. The third-order valence-electron chi connectivity index (χ3n) is 5.36. The summed E-state index contributed by atoms with van der Waals surface area (Å²) >= 11 is 0. The molecule has 0 saturated carbocycles. The molecule has 4 nitrogen and oxygen atoms in total. The van der Waals surface area contributed by atoms with E-state index >= 15 is 0 Å². The van der Waals surface area contributed by atoms with Gasteiger partial charge in [-0.3, -0.25) is 0 Å². The molecule has 0 fully saturated rings. The molecule has 0 radical (unpaired) electrons. The van der Waals surface area contributed by atoms with E-state index < -0.39 is 0 Å². The van der Waals surface area contributed by atoms with Gasteiger partial charge < -0.3 is 9.80 Å². The van der Waals surface area contributed by atoms with Gasteiger partial charge in [-0.2, -0.15) is 4.98 Å². The maximum Gasteiger partial charge on any atom is 0.232 e. The molecule has 3 aromatic rings. The van der Waals surface area contributed by atoms with Gasteiger partial charge in [-0.15, -0.1) is 0 Å². The Morgan fingerprint density at radius 1 is 1.04 bits per heavy atom. The smallest absolute Gasteiger partial charge is 0.232 e. The first kappa shape index (κ1) is 18.5. The number of hydrogen-bond acceptors (Lipinski definition) is 4. The maximum atomic E-state index is 5.02. The number of hydrogen-bond donors (Lipinski definition) is 0. The topological polar surface area (TPSA) is 32.3 Å². The number of benzene rings is 2. The van der Waals surface area contributed by atoms with E-state index in [-0.39, 0.29) is 0 Å². The third-order valence-corrected chi connectivity index (χ3v) is 5.36. The molecular formula is C24H28N4. The highest BCUT2D eigenvalue weighted by Crippen LogP contribution is 2.37. The first-order valence-corrected chi connectivity index (χ1v) is 10.1. The van der Waals surface area contributed by atoms with Crippen LogP contribution < -0.4 is 9.80 Å². The van der Waals surface area contributed by atoms with Crippen LogP contribution in [-0.4, -0.2) is 22.1 Å². The van der Waals surface area contributed by atoms with Gasteiger partial charge in [0.1, 0.15) is 5.82 Å². The lowest BCUT2D eigenvalue weighted by atomic mass is 10.1. The van der Waals surface area contributed by atoms with Crippen molar-refractivity contribution in [3.8, 4) is 0 Å². The summed E-state index contributed by atoms with van der Waals surface area (Å²) in [4.78, 5) is 14.5. The van der Waals surface area contributed by atoms with Gasteiger partial charge in [0.15, 0.2) is 0 Å². The summed E-state index contributed by atoms with van der Waals surface area (Å²) in [5.74, 6) is 1.78. The molecule has 2 heterocycles. The minimum absolute atomic E-state index is 0.339. The summed E-state index contributed by atoms with van der Waals surface area (Å²) < 4.78 is 0. The van der Waals surface area contributed by atoms with E-state index in [2.05, 4.69) is 98.2 Å². The van der Waals surface area contributed by atoms with Crippen LogP contribution in [0.25, 0.3) is 0 Å². The minimum atomic E-state index is 0.339. The predicted octanol–water partition coefficient (Wildman–Crippen LogP) is 5.28. The summed E-state index contributed by atoms with van der Waals surface area (Å²) in [6.45, 7) is 9.57. The van der Waals surface area contributed by atoms with Crippen LogP contribution in [0.2, 0.25) is 0 Å². The average Bonchev–Trinajstić information content (AvgIpc) is 3.02. The normalized spacial score (nSPS) is 15.8. The van der Waals surface area contributed by atoms with Crippen LogP contribution in [0.1, 0.15) is 37.6 Å². The zero-order chi connectivity index (χ0) is 19.7. The lowest BCUT2D eigenvalue weighted by molar-refractivity contribution is 0.667. The highest BCUT2D eigenvalue weighted by Gasteiger charge is 2.29. The number of rotatable bonds is 5. The molecule has 1 aliphatic heterocycles. The first-order valence-electron chi connectivity index (χ1n) is 10.1. The van der Waals surface area contributed by atoms with Crippen molar-refractivity contribution in [1.29, 1.82) is 0 Å². The van der Waals surface area contributed by atoms with Crippen LogP contribution >= 0.6 is 0 Å². The van der Waals surface area contributed by atoms with Crippen molar-refractivity contribution in [2.45, 2.75) is 52.7 Å². The molecule has 1 atom stereocenters. The molecule has 0 saturated heterocycles. The van der Waals surface area contributed by atoms with Crippen LogP contribution in [0.5, 0.6) is 0 Å². The van der Waals surface area contributed by atoms with Crippen molar-refractivity contribution in [3.05, 3.63) is 77.5 Å². The van der Waals surface area contributed by atoms with Gasteiger partial charge in [0.2, 0.25) is 5.95 Å². The molecule has 0 amide bonds. The molecule has 0 bridgehead atoms. The SMILES string of the molecule is Cc1cc(N(Cc2ccccc2)C(C)C)nc(N2c3ccccc3CC2C)n1. The highest BCUT2D eigenvalue weighted by atomic mass is 15.3. The standard InChI is InChI=1S/C24H28N4/c1-17(2)27(16-20-10-6-5-7-11-20)23-14-18(3)25-24(26-23)28-19(4)15-21-12-8-9-13-22(21)28/h5-14,17,19H,15-16H2,1-4H3. The second-order valence-electron chi connectivity index (χ2n) is 7.93. The molecule has 1 aliphatic rings. The van der Waals surface area contributed by atoms with Crippen LogP contribution in [-0.2, 0) is 13.0 Å². The van der Waals surface area contributed by atoms with E-state index in [1.807, 2.05) is 0 Å². The fourth-order valence-corrected chi connectivity index (χ4v) is 3.97. The molecular weight excluding hydrogens is 344 g/mol. The number of nitrogens with zero attached hydrogens (tertiary/aromatic N) is 4. The molecule has 1 unspecified atom stereocenters. The van der Waals surface area contributed by atoms with Crippen LogP contribution in [0, 0.1) is 6.92 Å². The van der Waals surface area contributed by atoms with E-state index in [1.165, 1.54) is 16.8 Å². The van der Waals surface area contributed by atoms with Crippen molar-refractivity contribution in [3.63, 3.8) is 0 Å². The van der Waals surface area contributed by atoms with Crippen molar-refractivity contribution >= 4 is 17.5 Å². The third kappa shape index (κ3) is 3.59. The van der Waals surface area contributed by atoms with Gasteiger partial charge in [-0.25, -0.2) is 4.98 Å². The van der Waals surface area contributed by atoms with Gasteiger partial charge >= 0.3 is 0 Å². The summed E-state index contributed by atoms with van der Waals surface area (Å²) in [7, 11) is 0. The highest BCUT2D eigenvalue weighted by molar-refractivity contribution is 5.68. The molecule has 28 heavy (non-hydrogen) atoms. The summed E-state index contributed by atoms with van der Waals surface area (Å²) in [6, 6.07) is 22.0. The fourth-order valence-electron chi connectivity index (χ4n) is 3.97. The van der Waals surface area contributed by atoms with Crippen molar-refractivity contribution in [2.24, 2.45) is 0 Å². The lowest BCUT2D eigenvalue weighted by Crippen LogP contribution is -2.32. The summed E-state index contributed by atoms with van der Waals surface area (Å²) in [5, 5.41) is 0. The van der Waals surface area contributed by atoms with Gasteiger partial charge in [-0.1, -0.05) is 48.5 Å². The Hall–Kier alpha value is -2.88. The van der Waals surface area contributed by atoms with E-state index in [4.69, 9.17) is 9.97 Å². The van der Waals surface area contributed by atoms with Gasteiger partial charge in [0.25, 0.3) is 0 Å². The fraction of sp³-hybridized carbons (Fsp3) is 0.333. The Balaban J connectivity index is 1.72. The van der Waals surface area contributed by atoms with Crippen LogP contribution in [0.4, 0.5) is 17.5 Å². The Kier molecular flexibility index (Phi) is 5.03. The Morgan fingerprint density at radius 2 is 1.75 bits per heavy atom. The quantitative estimate of drug-likeness (QED) is 0.610. The van der Waals surface area contributed by atoms with Crippen molar-refractivity contribution < 1.29 is 0 Å². The monoisotopic (exact) mass is 372 g/mol. The van der Waals surface area contributed by atoms with E-state index in [9.17, 15) is 0 Å². The van der Waals surface area contributed by atoms with Crippen LogP contribution in [0.15, 0.2) is 60.7 Å². The van der Waals surface area contributed by atoms with E-state index in [0.29, 0.717) is 12.1 Å². The summed E-state index contributed by atoms with van der Waals surface area (Å²) in [6.07, 6.45) is 1.03. The van der Waals surface area contributed by atoms with E-state index in [0.717, 1.165) is 30.4 Å². The maximum absolute atomic E-state index is 5.02. The van der Waals surface area contributed by atoms with Gasteiger partial charge in [-0.05, 0) is 51.3 Å². The zero-order valence-corrected chi connectivity index (χ0v) is 17.1. The molecule has 0 spiro atoms. The second-order valence-corrected chi connectivity index (χ2v) is 7.93. The molecule has 144 valence electrons. The Labute approximate surface area is 167 Å². The number of para-hydroxylation sites is 1. The molecule has 2 aromatic carbocycles. The predicted molar refractivity (Wildman–Crippen MR) is 116 cm³/mol.